The predicted molar refractivity (Wildman–Crippen MR) is 84.5 cm³/mol. The zero-order chi connectivity index (χ0) is 14.3. The molecule has 6 heteroatoms. The van der Waals surface area contributed by atoms with Crippen molar-refractivity contribution in [2.24, 2.45) is 5.92 Å². The van der Waals surface area contributed by atoms with Gasteiger partial charge in [-0.1, -0.05) is 13.8 Å². The first kappa shape index (κ1) is 17.3. The maximum atomic E-state index is 11.7. The number of hydrogen-bond donors (Lipinski definition) is 1. The lowest BCUT2D eigenvalue weighted by Crippen LogP contribution is -2.49. The molecule has 1 rings (SSSR count). The molecule has 19 heavy (non-hydrogen) atoms. The molecule has 0 aliphatic carbocycles. The van der Waals surface area contributed by atoms with E-state index in [0.717, 1.165) is 37.8 Å². The molecule has 1 N–H and O–H groups in total. The minimum Gasteiger partial charge on any atom is -0.315 e. The first-order valence-electron chi connectivity index (χ1n) is 7.12. The summed E-state index contributed by atoms with van der Waals surface area (Å²) in [7, 11) is -2.96. The fourth-order valence-corrected chi connectivity index (χ4v) is 5.22. The number of nitrogens with zero attached hydrogens (tertiary/aromatic N) is 1. The van der Waals surface area contributed by atoms with E-state index < -0.39 is 9.84 Å². The summed E-state index contributed by atoms with van der Waals surface area (Å²) in [5, 5.41) is 3.13. The molecule has 0 aromatic rings. The van der Waals surface area contributed by atoms with Crippen molar-refractivity contribution in [1.29, 1.82) is 0 Å². The molecule has 1 saturated heterocycles. The van der Waals surface area contributed by atoms with Crippen LogP contribution in [0.25, 0.3) is 0 Å². The van der Waals surface area contributed by atoms with E-state index in [1.54, 1.807) is 11.8 Å². The number of sulfone groups is 1. The molecule has 1 atom stereocenters. The van der Waals surface area contributed by atoms with Crippen LogP contribution in [-0.4, -0.2) is 62.6 Å². The van der Waals surface area contributed by atoms with Gasteiger partial charge < -0.3 is 5.32 Å². The standard InChI is InChI=1S/C13H28N2O2S2/c1-12(2)5-4-6-14-7-8-15-9-10-18-11-13(15)19(3,16)17/h12-14H,4-11H2,1-3H3. The summed E-state index contributed by atoms with van der Waals surface area (Å²) in [6, 6.07) is 0. The molecule has 1 heterocycles. The van der Waals surface area contributed by atoms with Crippen molar-refractivity contribution >= 4 is 21.6 Å². The van der Waals surface area contributed by atoms with E-state index in [0.29, 0.717) is 5.75 Å². The Morgan fingerprint density at radius 1 is 1.37 bits per heavy atom. The molecule has 0 radical (unpaired) electrons. The molecule has 0 aromatic heterocycles. The van der Waals surface area contributed by atoms with Gasteiger partial charge in [-0.05, 0) is 25.3 Å². The van der Waals surface area contributed by atoms with E-state index >= 15 is 0 Å². The van der Waals surface area contributed by atoms with E-state index in [2.05, 4.69) is 24.1 Å². The van der Waals surface area contributed by atoms with Crippen LogP contribution >= 0.6 is 11.8 Å². The highest BCUT2D eigenvalue weighted by Crippen LogP contribution is 2.19. The Kier molecular flexibility index (Phi) is 7.72. The fraction of sp³-hybridized carbons (Fsp3) is 1.00. The Hall–Kier alpha value is 0.220. The van der Waals surface area contributed by atoms with Crippen molar-refractivity contribution in [1.82, 2.24) is 10.2 Å². The van der Waals surface area contributed by atoms with Gasteiger partial charge in [0.2, 0.25) is 0 Å². The van der Waals surface area contributed by atoms with Gasteiger partial charge in [-0.15, -0.1) is 0 Å². The van der Waals surface area contributed by atoms with Crippen LogP contribution in [0.1, 0.15) is 26.7 Å². The summed E-state index contributed by atoms with van der Waals surface area (Å²) < 4.78 is 23.5. The quantitative estimate of drug-likeness (QED) is 0.688. The van der Waals surface area contributed by atoms with Crippen LogP contribution in [0.15, 0.2) is 0 Å². The van der Waals surface area contributed by atoms with Gasteiger partial charge in [-0.25, -0.2) is 8.42 Å². The Morgan fingerprint density at radius 3 is 2.74 bits per heavy atom. The molecule has 1 unspecified atom stereocenters. The predicted octanol–water partition coefficient (Wildman–Crippen LogP) is 1.43. The van der Waals surface area contributed by atoms with Crippen LogP contribution in [0, 0.1) is 5.92 Å². The van der Waals surface area contributed by atoms with Crippen molar-refractivity contribution < 1.29 is 8.42 Å². The molecule has 4 nitrogen and oxygen atoms in total. The lowest BCUT2D eigenvalue weighted by molar-refractivity contribution is 0.269. The highest BCUT2D eigenvalue weighted by molar-refractivity contribution is 8.00. The highest BCUT2D eigenvalue weighted by Gasteiger charge is 2.30. The lowest BCUT2D eigenvalue weighted by atomic mass is 10.1. The first-order valence-corrected chi connectivity index (χ1v) is 10.2. The average molecular weight is 309 g/mol. The molecule has 1 aliphatic heterocycles. The van der Waals surface area contributed by atoms with Gasteiger partial charge in [0.1, 0.15) is 5.37 Å². The van der Waals surface area contributed by atoms with Gasteiger partial charge in [0, 0.05) is 37.4 Å². The average Bonchev–Trinajstić information content (AvgIpc) is 2.32. The van der Waals surface area contributed by atoms with Gasteiger partial charge in [0.15, 0.2) is 9.84 Å². The van der Waals surface area contributed by atoms with Crippen molar-refractivity contribution in [3.63, 3.8) is 0 Å². The molecule has 0 aromatic carbocycles. The minimum absolute atomic E-state index is 0.288. The van der Waals surface area contributed by atoms with Gasteiger partial charge >= 0.3 is 0 Å². The summed E-state index contributed by atoms with van der Waals surface area (Å²) in [5.41, 5.74) is 0. The first-order chi connectivity index (χ1) is 8.91. The summed E-state index contributed by atoms with van der Waals surface area (Å²) >= 11 is 1.74. The number of thioether (sulfide) groups is 1. The zero-order valence-electron chi connectivity index (χ0n) is 12.4. The smallest absolute Gasteiger partial charge is 0.164 e. The monoisotopic (exact) mass is 308 g/mol. The number of nitrogens with one attached hydrogen (secondary N) is 1. The molecular weight excluding hydrogens is 280 g/mol. The van der Waals surface area contributed by atoms with E-state index in [9.17, 15) is 8.42 Å². The van der Waals surface area contributed by atoms with Gasteiger partial charge in [-0.2, -0.15) is 11.8 Å². The molecule has 0 saturated carbocycles. The molecule has 0 bridgehead atoms. The Bertz CT molecular complexity index is 345. The van der Waals surface area contributed by atoms with Crippen LogP contribution in [0.5, 0.6) is 0 Å². The molecule has 1 aliphatic rings. The van der Waals surface area contributed by atoms with Crippen LogP contribution < -0.4 is 5.32 Å². The topological polar surface area (TPSA) is 49.4 Å². The maximum Gasteiger partial charge on any atom is 0.164 e. The summed E-state index contributed by atoms with van der Waals surface area (Å²) in [6.45, 7) is 8.11. The van der Waals surface area contributed by atoms with Crippen molar-refractivity contribution in [3.8, 4) is 0 Å². The highest BCUT2D eigenvalue weighted by atomic mass is 32.2. The van der Waals surface area contributed by atoms with Gasteiger partial charge in [0.05, 0.1) is 0 Å². The second kappa shape index (κ2) is 8.49. The fourth-order valence-electron chi connectivity index (χ4n) is 2.25. The number of rotatable bonds is 8. The van der Waals surface area contributed by atoms with Gasteiger partial charge in [-0.3, -0.25) is 4.90 Å². The largest absolute Gasteiger partial charge is 0.315 e. The third-order valence-corrected chi connectivity index (χ3v) is 6.08. The second-order valence-corrected chi connectivity index (χ2v) is 9.03. The lowest BCUT2D eigenvalue weighted by Gasteiger charge is -2.33. The Morgan fingerprint density at radius 2 is 2.11 bits per heavy atom. The second-order valence-electron chi connectivity index (χ2n) is 5.68. The van der Waals surface area contributed by atoms with Crippen molar-refractivity contribution in [2.75, 3.05) is 43.9 Å². The summed E-state index contributed by atoms with van der Waals surface area (Å²) in [4.78, 5) is 2.11. The van der Waals surface area contributed by atoms with E-state index in [1.165, 1.54) is 19.1 Å². The molecule has 1 fully saturated rings. The molecule has 0 amide bonds. The third kappa shape index (κ3) is 6.97. The zero-order valence-corrected chi connectivity index (χ0v) is 14.0. The van der Waals surface area contributed by atoms with Crippen LogP contribution in [0.4, 0.5) is 0 Å². The van der Waals surface area contributed by atoms with E-state index in [1.807, 2.05) is 0 Å². The Labute approximate surface area is 122 Å². The minimum atomic E-state index is -2.96. The normalized spacial score (nSPS) is 22.0. The third-order valence-electron chi connectivity index (χ3n) is 3.40. The summed E-state index contributed by atoms with van der Waals surface area (Å²) in [5.74, 6) is 2.52. The SMILES string of the molecule is CC(C)CCCNCCN1CCSCC1S(C)(=O)=O. The molecular formula is C13H28N2O2S2. The van der Waals surface area contributed by atoms with Gasteiger partial charge in [0.25, 0.3) is 0 Å². The van der Waals surface area contributed by atoms with Crippen LogP contribution in [0.2, 0.25) is 0 Å². The van der Waals surface area contributed by atoms with Crippen molar-refractivity contribution in [2.45, 2.75) is 32.1 Å². The summed E-state index contributed by atoms with van der Waals surface area (Å²) in [6.07, 6.45) is 3.80. The number of hydrogen-bond acceptors (Lipinski definition) is 5. The van der Waals surface area contributed by atoms with E-state index in [-0.39, 0.29) is 5.37 Å². The van der Waals surface area contributed by atoms with Crippen LogP contribution in [-0.2, 0) is 9.84 Å². The Balaban J connectivity index is 2.23. The van der Waals surface area contributed by atoms with Crippen LogP contribution in [0.3, 0.4) is 0 Å². The molecule has 114 valence electrons. The molecule has 0 spiro atoms. The maximum absolute atomic E-state index is 11.7. The van der Waals surface area contributed by atoms with E-state index in [4.69, 9.17) is 0 Å². The van der Waals surface area contributed by atoms with Crippen molar-refractivity contribution in [3.05, 3.63) is 0 Å².